The lowest BCUT2D eigenvalue weighted by Gasteiger charge is -2.26. The first kappa shape index (κ1) is 17.0. The van der Waals surface area contributed by atoms with Crippen LogP contribution in [0.1, 0.15) is 42.6 Å². The summed E-state index contributed by atoms with van der Waals surface area (Å²) in [6.45, 7) is 1.93. The summed E-state index contributed by atoms with van der Waals surface area (Å²) in [5, 5.41) is 4.56. The molecule has 1 aliphatic rings. The zero-order valence-corrected chi connectivity index (χ0v) is 15.2. The minimum absolute atomic E-state index is 0.116. The second-order valence-electron chi connectivity index (χ2n) is 6.53. The SMILES string of the molecule is CCc1noc2ncc(S(=O)(=O)NC3CCCc4cc(N)ccc43)cc12. The molecule has 0 fully saturated rings. The van der Waals surface area contributed by atoms with Crippen LogP contribution in [0.15, 0.2) is 39.9 Å². The number of anilines is 1. The summed E-state index contributed by atoms with van der Waals surface area (Å²) in [6, 6.07) is 6.95. The fourth-order valence-electron chi connectivity index (χ4n) is 3.47. The number of nitrogen functional groups attached to an aromatic ring is 1. The Balaban J connectivity index is 1.68. The lowest BCUT2D eigenvalue weighted by molar-refractivity contribution is 0.439. The van der Waals surface area contributed by atoms with Crippen LogP contribution in [-0.4, -0.2) is 18.6 Å². The molecule has 0 spiro atoms. The minimum Gasteiger partial charge on any atom is -0.399 e. The fourth-order valence-corrected chi connectivity index (χ4v) is 4.69. The molecule has 7 nitrogen and oxygen atoms in total. The average molecular weight is 372 g/mol. The largest absolute Gasteiger partial charge is 0.399 e. The average Bonchev–Trinajstić information content (AvgIpc) is 3.03. The Labute approximate surface area is 151 Å². The van der Waals surface area contributed by atoms with Crippen molar-refractivity contribution in [2.24, 2.45) is 0 Å². The van der Waals surface area contributed by atoms with Gasteiger partial charge in [0.05, 0.1) is 17.3 Å². The zero-order chi connectivity index (χ0) is 18.3. The van der Waals surface area contributed by atoms with E-state index < -0.39 is 10.0 Å². The molecule has 2 aromatic heterocycles. The molecule has 8 heteroatoms. The normalized spacial score (nSPS) is 17.3. The molecule has 0 bridgehead atoms. The molecule has 3 N–H and O–H groups in total. The van der Waals surface area contributed by atoms with Gasteiger partial charge in [-0.1, -0.05) is 18.1 Å². The molecule has 1 unspecified atom stereocenters. The summed E-state index contributed by atoms with van der Waals surface area (Å²) in [6.07, 6.45) is 4.52. The van der Waals surface area contributed by atoms with Gasteiger partial charge in [-0.15, -0.1) is 0 Å². The summed E-state index contributed by atoms with van der Waals surface area (Å²) in [7, 11) is -3.72. The highest BCUT2D eigenvalue weighted by atomic mass is 32.2. The zero-order valence-electron chi connectivity index (χ0n) is 14.4. The van der Waals surface area contributed by atoms with Crippen molar-refractivity contribution in [1.29, 1.82) is 0 Å². The van der Waals surface area contributed by atoms with Crippen molar-refractivity contribution in [3.63, 3.8) is 0 Å². The molecule has 1 atom stereocenters. The van der Waals surface area contributed by atoms with Gasteiger partial charge in [0.15, 0.2) is 0 Å². The molecular weight excluding hydrogens is 352 g/mol. The highest BCUT2D eigenvalue weighted by Crippen LogP contribution is 2.32. The van der Waals surface area contributed by atoms with Gasteiger partial charge in [0.2, 0.25) is 10.0 Å². The molecule has 1 aliphatic carbocycles. The van der Waals surface area contributed by atoms with E-state index in [0.29, 0.717) is 28.9 Å². The molecule has 2 heterocycles. The van der Waals surface area contributed by atoms with Gasteiger partial charge < -0.3 is 10.3 Å². The van der Waals surface area contributed by atoms with Crippen molar-refractivity contribution in [2.45, 2.75) is 43.5 Å². The number of aromatic nitrogens is 2. The Morgan fingerprint density at radius 1 is 1.35 bits per heavy atom. The number of hydrogen-bond acceptors (Lipinski definition) is 6. The maximum atomic E-state index is 12.9. The van der Waals surface area contributed by atoms with Gasteiger partial charge in [0.1, 0.15) is 4.90 Å². The molecule has 0 saturated carbocycles. The van der Waals surface area contributed by atoms with Gasteiger partial charge in [-0.25, -0.2) is 18.1 Å². The van der Waals surface area contributed by atoms with Crippen molar-refractivity contribution >= 4 is 26.8 Å². The Morgan fingerprint density at radius 3 is 3.00 bits per heavy atom. The summed E-state index contributed by atoms with van der Waals surface area (Å²) in [5.41, 5.74) is 9.68. The summed E-state index contributed by atoms with van der Waals surface area (Å²) < 4.78 is 33.8. The van der Waals surface area contributed by atoms with Crippen molar-refractivity contribution in [1.82, 2.24) is 14.9 Å². The van der Waals surface area contributed by atoms with Crippen LogP contribution < -0.4 is 10.5 Å². The van der Waals surface area contributed by atoms with Crippen molar-refractivity contribution in [3.05, 3.63) is 47.3 Å². The van der Waals surface area contributed by atoms with Crippen LogP contribution in [0, 0.1) is 0 Å². The second-order valence-corrected chi connectivity index (χ2v) is 8.24. The summed E-state index contributed by atoms with van der Waals surface area (Å²) >= 11 is 0. The number of pyridine rings is 1. The molecular formula is C18H20N4O3S. The quantitative estimate of drug-likeness (QED) is 0.681. The van der Waals surface area contributed by atoms with E-state index in [1.54, 1.807) is 6.07 Å². The van der Waals surface area contributed by atoms with Crippen LogP contribution in [0.4, 0.5) is 5.69 Å². The molecule has 3 aromatic rings. The number of nitrogens with two attached hydrogens (primary N) is 1. The van der Waals surface area contributed by atoms with E-state index in [1.807, 2.05) is 25.1 Å². The highest BCUT2D eigenvalue weighted by Gasteiger charge is 2.26. The number of nitrogens with zero attached hydrogens (tertiary/aromatic N) is 2. The smallest absolute Gasteiger partial charge is 0.258 e. The molecule has 0 radical (unpaired) electrons. The van der Waals surface area contributed by atoms with E-state index in [4.69, 9.17) is 10.3 Å². The van der Waals surface area contributed by atoms with Crippen LogP contribution in [0.3, 0.4) is 0 Å². The van der Waals surface area contributed by atoms with Crippen molar-refractivity contribution < 1.29 is 12.9 Å². The predicted molar refractivity (Wildman–Crippen MR) is 98.0 cm³/mol. The van der Waals surface area contributed by atoms with Crippen molar-refractivity contribution in [2.75, 3.05) is 5.73 Å². The summed E-state index contributed by atoms with van der Waals surface area (Å²) in [5.74, 6) is 0. The maximum Gasteiger partial charge on any atom is 0.258 e. The van der Waals surface area contributed by atoms with Gasteiger partial charge in [0, 0.05) is 11.7 Å². The number of benzene rings is 1. The number of sulfonamides is 1. The van der Waals surface area contributed by atoms with Gasteiger partial charge in [-0.2, -0.15) is 0 Å². The molecule has 136 valence electrons. The third-order valence-electron chi connectivity index (χ3n) is 4.80. The lowest BCUT2D eigenvalue weighted by Crippen LogP contribution is -2.31. The van der Waals surface area contributed by atoms with E-state index in [1.165, 1.54) is 6.20 Å². The van der Waals surface area contributed by atoms with Crippen LogP contribution in [0.2, 0.25) is 0 Å². The Kier molecular flexibility index (Phi) is 4.16. The molecule has 0 aliphatic heterocycles. The molecule has 4 rings (SSSR count). The third-order valence-corrected chi connectivity index (χ3v) is 6.24. The van der Waals surface area contributed by atoms with E-state index in [-0.39, 0.29) is 10.9 Å². The Morgan fingerprint density at radius 2 is 2.19 bits per heavy atom. The van der Waals surface area contributed by atoms with Gasteiger partial charge in [-0.05, 0) is 55.0 Å². The number of aryl methyl sites for hydroxylation is 2. The molecule has 0 saturated heterocycles. The third kappa shape index (κ3) is 2.95. The number of nitrogens with one attached hydrogen (secondary N) is 1. The monoisotopic (exact) mass is 372 g/mol. The number of fused-ring (bicyclic) bond motifs is 2. The first-order chi connectivity index (χ1) is 12.5. The highest BCUT2D eigenvalue weighted by molar-refractivity contribution is 7.89. The standard InChI is InChI=1S/C18H20N4O3S/c1-2-16-15-9-13(10-20-18(15)25-21-16)26(23,24)22-17-5-3-4-11-8-12(19)6-7-14(11)17/h6-10,17,22H,2-5,19H2,1H3. The molecule has 26 heavy (non-hydrogen) atoms. The van der Waals surface area contributed by atoms with Crippen LogP contribution in [-0.2, 0) is 22.9 Å². The molecule has 1 aromatic carbocycles. The summed E-state index contributed by atoms with van der Waals surface area (Å²) in [4.78, 5) is 4.22. The minimum atomic E-state index is -3.72. The van der Waals surface area contributed by atoms with E-state index in [2.05, 4.69) is 14.9 Å². The second kappa shape index (κ2) is 6.37. The van der Waals surface area contributed by atoms with Crippen molar-refractivity contribution in [3.8, 4) is 0 Å². The van der Waals surface area contributed by atoms with Crippen LogP contribution in [0.25, 0.3) is 11.1 Å². The molecule has 0 amide bonds. The van der Waals surface area contributed by atoms with Gasteiger partial charge in [-0.3, -0.25) is 0 Å². The van der Waals surface area contributed by atoms with Crippen LogP contribution >= 0.6 is 0 Å². The lowest BCUT2D eigenvalue weighted by atomic mass is 9.88. The Hall–Kier alpha value is -2.45. The maximum absolute atomic E-state index is 12.9. The van der Waals surface area contributed by atoms with E-state index in [0.717, 1.165) is 30.4 Å². The predicted octanol–water partition coefficient (Wildman–Crippen LogP) is 2.72. The first-order valence-corrected chi connectivity index (χ1v) is 10.1. The topological polar surface area (TPSA) is 111 Å². The van der Waals surface area contributed by atoms with Crippen LogP contribution in [0.5, 0.6) is 0 Å². The number of rotatable bonds is 4. The fraction of sp³-hybridized carbons (Fsp3) is 0.333. The van der Waals surface area contributed by atoms with E-state index >= 15 is 0 Å². The van der Waals surface area contributed by atoms with Gasteiger partial charge in [0.25, 0.3) is 5.71 Å². The van der Waals surface area contributed by atoms with Gasteiger partial charge >= 0.3 is 0 Å². The Bertz CT molecular complexity index is 1080. The first-order valence-electron chi connectivity index (χ1n) is 8.63. The van der Waals surface area contributed by atoms with E-state index in [9.17, 15) is 8.42 Å². The number of hydrogen-bond donors (Lipinski definition) is 2.